The maximum Gasteiger partial charge on any atom is 0.328 e. The van der Waals surface area contributed by atoms with Crippen LogP contribution in [0.4, 0.5) is 0 Å². The molecule has 0 aromatic heterocycles. The molecule has 0 aliphatic heterocycles. The molecule has 1 amide bonds. The van der Waals surface area contributed by atoms with Crippen molar-refractivity contribution >= 4 is 23.9 Å². The lowest BCUT2D eigenvalue weighted by atomic mass is 9.84. The lowest BCUT2D eigenvalue weighted by molar-refractivity contribution is -0.155. The first-order chi connectivity index (χ1) is 11.3. The lowest BCUT2D eigenvalue weighted by Gasteiger charge is -2.32. The summed E-state index contributed by atoms with van der Waals surface area (Å²) in [6.07, 6.45) is 3.42. The zero-order valence-corrected chi connectivity index (χ0v) is 14.2. The van der Waals surface area contributed by atoms with Crippen molar-refractivity contribution in [3.05, 3.63) is 5.53 Å². The molecule has 134 valence electrons. The number of nitrogens with one attached hydrogen (secondary N) is 1. The van der Waals surface area contributed by atoms with E-state index in [0.29, 0.717) is 12.8 Å². The molecule has 8 heteroatoms. The van der Waals surface area contributed by atoms with Crippen molar-refractivity contribution in [3.8, 4) is 0 Å². The first kappa shape index (κ1) is 20.0. The van der Waals surface area contributed by atoms with Gasteiger partial charge in [-0.2, -0.15) is 4.79 Å². The van der Waals surface area contributed by atoms with Crippen molar-refractivity contribution in [2.75, 3.05) is 0 Å². The summed E-state index contributed by atoms with van der Waals surface area (Å²) in [4.78, 5) is 38.6. The van der Waals surface area contributed by atoms with Crippen molar-refractivity contribution in [2.24, 2.45) is 0 Å². The van der Waals surface area contributed by atoms with E-state index in [1.165, 1.54) is 0 Å². The molecule has 0 aromatic carbocycles. The SMILES string of the molecule is CC(C)OC(=O)[C@H](CCC(=O)C=[N+]=[N-])NC(=O)C1(O)CCCCC1. The molecular weight excluding hydrogens is 314 g/mol. The number of Topliss-reactive ketones (excluding diaryl/α,β-unsaturated/α-hetero) is 1. The molecule has 24 heavy (non-hydrogen) atoms. The third kappa shape index (κ3) is 6.22. The minimum Gasteiger partial charge on any atom is -0.461 e. The van der Waals surface area contributed by atoms with E-state index < -0.39 is 29.3 Å². The van der Waals surface area contributed by atoms with E-state index in [4.69, 9.17) is 10.3 Å². The maximum absolute atomic E-state index is 12.4. The highest BCUT2D eigenvalue weighted by Gasteiger charge is 2.39. The fourth-order valence-corrected chi connectivity index (χ4v) is 2.64. The van der Waals surface area contributed by atoms with Crippen LogP contribution in [0.2, 0.25) is 0 Å². The van der Waals surface area contributed by atoms with Crippen LogP contribution in [0.3, 0.4) is 0 Å². The Hall–Kier alpha value is -2.05. The van der Waals surface area contributed by atoms with E-state index in [9.17, 15) is 19.5 Å². The van der Waals surface area contributed by atoms with E-state index >= 15 is 0 Å². The summed E-state index contributed by atoms with van der Waals surface area (Å²) in [5.74, 6) is -1.76. The average molecular weight is 339 g/mol. The van der Waals surface area contributed by atoms with E-state index in [1.807, 2.05) is 0 Å². The molecule has 0 aromatic rings. The molecule has 1 rings (SSSR count). The van der Waals surface area contributed by atoms with Crippen LogP contribution in [0.1, 0.15) is 58.8 Å². The third-order valence-corrected chi connectivity index (χ3v) is 3.93. The maximum atomic E-state index is 12.4. The van der Waals surface area contributed by atoms with Crippen LogP contribution in [0.5, 0.6) is 0 Å². The fraction of sp³-hybridized carbons (Fsp3) is 0.750. The van der Waals surface area contributed by atoms with Gasteiger partial charge >= 0.3 is 12.2 Å². The molecule has 1 saturated carbocycles. The molecule has 0 saturated heterocycles. The van der Waals surface area contributed by atoms with Gasteiger partial charge in [-0.1, -0.05) is 19.3 Å². The molecule has 1 aliphatic rings. The van der Waals surface area contributed by atoms with Crippen LogP contribution < -0.4 is 5.32 Å². The standard InChI is InChI=1S/C16H25N3O5/c1-11(2)24-14(21)13(7-6-12(20)10-18-17)19-15(22)16(23)8-4-3-5-9-16/h10-11,13,23H,3-9H2,1-2H3,(H,19,22)/t13-/m0/s1. The Kier molecular flexibility index (Phi) is 7.74. The fourth-order valence-electron chi connectivity index (χ4n) is 2.64. The van der Waals surface area contributed by atoms with Crippen LogP contribution in [-0.4, -0.2) is 51.5 Å². The molecule has 1 fully saturated rings. The Bertz CT molecular complexity index is 520. The topological polar surface area (TPSA) is 129 Å². The minimum atomic E-state index is -1.48. The van der Waals surface area contributed by atoms with Crippen LogP contribution in [0, 0.1) is 0 Å². The normalized spacial score (nSPS) is 17.5. The summed E-state index contributed by atoms with van der Waals surface area (Å²) < 4.78 is 5.10. The lowest BCUT2D eigenvalue weighted by Crippen LogP contribution is -2.53. The van der Waals surface area contributed by atoms with Gasteiger partial charge in [0, 0.05) is 6.42 Å². The zero-order valence-electron chi connectivity index (χ0n) is 14.2. The van der Waals surface area contributed by atoms with Crippen LogP contribution in [0.25, 0.3) is 5.53 Å². The van der Waals surface area contributed by atoms with Crippen molar-refractivity contribution in [3.63, 3.8) is 0 Å². The van der Waals surface area contributed by atoms with Gasteiger partial charge in [0.15, 0.2) is 0 Å². The second-order valence-corrected chi connectivity index (χ2v) is 6.35. The van der Waals surface area contributed by atoms with Crippen molar-refractivity contribution in [1.29, 1.82) is 0 Å². The first-order valence-electron chi connectivity index (χ1n) is 8.22. The molecular formula is C16H25N3O5. The highest BCUT2D eigenvalue weighted by atomic mass is 16.5. The number of esters is 1. The first-order valence-corrected chi connectivity index (χ1v) is 8.22. The zero-order chi connectivity index (χ0) is 18.2. The molecule has 0 heterocycles. The number of rotatable bonds is 8. The van der Waals surface area contributed by atoms with Gasteiger partial charge in [-0.05, 0) is 33.1 Å². The van der Waals surface area contributed by atoms with Gasteiger partial charge in [0.1, 0.15) is 11.6 Å². The Labute approximate surface area is 141 Å². The van der Waals surface area contributed by atoms with E-state index in [1.54, 1.807) is 13.8 Å². The van der Waals surface area contributed by atoms with Gasteiger partial charge in [-0.3, -0.25) is 9.59 Å². The molecule has 8 nitrogen and oxygen atoms in total. The van der Waals surface area contributed by atoms with Crippen molar-refractivity contribution < 1.29 is 29.0 Å². The largest absolute Gasteiger partial charge is 0.461 e. The van der Waals surface area contributed by atoms with Crippen molar-refractivity contribution in [1.82, 2.24) is 5.32 Å². The molecule has 1 aliphatic carbocycles. The molecule has 0 unspecified atom stereocenters. The highest BCUT2D eigenvalue weighted by Crippen LogP contribution is 2.28. The monoisotopic (exact) mass is 339 g/mol. The summed E-state index contributed by atoms with van der Waals surface area (Å²) in [6.45, 7) is 3.35. The third-order valence-electron chi connectivity index (χ3n) is 3.93. The van der Waals surface area contributed by atoms with Gasteiger partial charge in [-0.15, -0.1) is 0 Å². The number of carbonyl (C=O) groups excluding carboxylic acids is 3. The Morgan fingerprint density at radius 3 is 2.46 bits per heavy atom. The number of hydrogen-bond donors (Lipinski definition) is 2. The van der Waals surface area contributed by atoms with E-state index in [2.05, 4.69) is 10.1 Å². The summed E-state index contributed by atoms with van der Waals surface area (Å²) in [5.41, 5.74) is 6.85. The van der Waals surface area contributed by atoms with Crippen LogP contribution >= 0.6 is 0 Å². The quantitative estimate of drug-likeness (QED) is 0.292. The second kappa shape index (κ2) is 9.30. The molecule has 0 spiro atoms. The summed E-state index contributed by atoms with van der Waals surface area (Å²) in [6, 6.07) is -1.04. The number of amides is 1. The Balaban J connectivity index is 2.75. The molecule has 1 atom stereocenters. The van der Waals surface area contributed by atoms with E-state index in [0.717, 1.165) is 25.5 Å². The van der Waals surface area contributed by atoms with Gasteiger partial charge in [0.2, 0.25) is 5.78 Å². The Morgan fingerprint density at radius 2 is 1.92 bits per heavy atom. The average Bonchev–Trinajstić information content (AvgIpc) is 2.51. The summed E-state index contributed by atoms with van der Waals surface area (Å²) in [7, 11) is 0. The van der Waals surface area contributed by atoms with Gasteiger partial charge < -0.3 is 20.7 Å². The summed E-state index contributed by atoms with van der Waals surface area (Å²) >= 11 is 0. The number of aliphatic hydroxyl groups is 1. The predicted molar refractivity (Wildman–Crippen MR) is 85.1 cm³/mol. The molecule has 0 radical (unpaired) electrons. The molecule has 0 bridgehead atoms. The van der Waals surface area contributed by atoms with Crippen LogP contribution in [0.15, 0.2) is 0 Å². The molecule has 2 N–H and O–H groups in total. The van der Waals surface area contributed by atoms with Gasteiger partial charge in [0.05, 0.1) is 6.10 Å². The minimum absolute atomic E-state index is 0.00176. The second-order valence-electron chi connectivity index (χ2n) is 6.35. The number of hydrogen-bond acceptors (Lipinski definition) is 5. The van der Waals surface area contributed by atoms with Crippen molar-refractivity contribution in [2.45, 2.75) is 76.5 Å². The van der Waals surface area contributed by atoms with E-state index in [-0.39, 0.29) is 18.9 Å². The number of carbonyl (C=O) groups is 3. The van der Waals surface area contributed by atoms with Gasteiger partial charge in [-0.25, -0.2) is 4.79 Å². The highest BCUT2D eigenvalue weighted by molar-refractivity contribution is 6.25. The Morgan fingerprint density at radius 1 is 1.29 bits per heavy atom. The van der Waals surface area contributed by atoms with Gasteiger partial charge in [0.25, 0.3) is 5.91 Å². The smallest absolute Gasteiger partial charge is 0.328 e. The number of ether oxygens (including phenoxy) is 1. The van der Waals surface area contributed by atoms with Crippen LogP contribution in [-0.2, 0) is 19.1 Å². The summed E-state index contributed by atoms with van der Waals surface area (Å²) in [5, 5.41) is 12.9. The predicted octanol–water partition coefficient (Wildman–Crippen LogP) is 0.768. The number of ketones is 1. The number of nitrogens with zero attached hydrogens (tertiary/aromatic N) is 2.